The second-order valence-corrected chi connectivity index (χ2v) is 10.9. The Morgan fingerprint density at radius 1 is 1.24 bits per heavy atom. The van der Waals surface area contributed by atoms with Gasteiger partial charge in [0.05, 0.1) is 34.3 Å². The predicted octanol–water partition coefficient (Wildman–Crippen LogP) is 4.19. The number of halogens is 4. The zero-order valence-electron chi connectivity index (χ0n) is 20.2. The molecule has 2 aromatic rings. The molecular weight excluding hydrogens is 553 g/mol. The van der Waals surface area contributed by atoms with Gasteiger partial charge in [-0.15, -0.1) is 0 Å². The number of carbonyl (C=O) groups is 2. The maximum atomic E-state index is 13.6. The van der Waals surface area contributed by atoms with Gasteiger partial charge in [-0.2, -0.15) is 18.4 Å². The molecule has 0 unspecified atom stereocenters. The van der Waals surface area contributed by atoms with E-state index in [4.69, 9.17) is 16.3 Å². The van der Waals surface area contributed by atoms with Crippen LogP contribution in [0.2, 0.25) is 5.02 Å². The van der Waals surface area contributed by atoms with Crippen LogP contribution >= 0.6 is 11.6 Å². The summed E-state index contributed by atoms with van der Waals surface area (Å²) in [4.78, 5) is 23.3. The van der Waals surface area contributed by atoms with Crippen LogP contribution in [0.5, 0.6) is 5.75 Å². The van der Waals surface area contributed by atoms with Crippen LogP contribution in [0, 0.1) is 11.3 Å². The van der Waals surface area contributed by atoms with Crippen LogP contribution < -0.4 is 19.7 Å². The Kier molecular flexibility index (Phi) is 8.04. The molecular formula is C23H22ClF3N4O6S. The van der Waals surface area contributed by atoms with Gasteiger partial charge in [0, 0.05) is 12.6 Å². The first-order valence-corrected chi connectivity index (χ1v) is 12.7. The van der Waals surface area contributed by atoms with Crippen molar-refractivity contribution in [2.24, 2.45) is 0 Å². The second-order valence-electron chi connectivity index (χ2n) is 8.67. The third-order valence-corrected chi connectivity index (χ3v) is 7.50. The van der Waals surface area contributed by atoms with Crippen LogP contribution in [0.4, 0.5) is 29.3 Å². The van der Waals surface area contributed by atoms with E-state index in [1.807, 2.05) is 0 Å². The Balaban J connectivity index is 2.00. The van der Waals surface area contributed by atoms with E-state index in [-0.39, 0.29) is 51.6 Å². The molecule has 1 aliphatic heterocycles. The van der Waals surface area contributed by atoms with E-state index in [0.717, 1.165) is 10.4 Å². The normalized spacial score (nSPS) is 15.5. The molecule has 204 valence electrons. The topological polar surface area (TPSA) is 138 Å². The summed E-state index contributed by atoms with van der Waals surface area (Å²) in [5.41, 5.74) is -3.00. The second kappa shape index (κ2) is 10.6. The van der Waals surface area contributed by atoms with E-state index in [0.29, 0.717) is 13.8 Å². The molecule has 0 radical (unpaired) electrons. The molecule has 3 rings (SSSR count). The van der Waals surface area contributed by atoms with Crippen molar-refractivity contribution < 1.29 is 40.7 Å². The fourth-order valence-electron chi connectivity index (χ4n) is 3.29. The molecule has 1 atom stereocenters. The fraction of sp³-hybridized carbons (Fsp3) is 0.348. The van der Waals surface area contributed by atoms with Gasteiger partial charge < -0.3 is 14.8 Å². The van der Waals surface area contributed by atoms with E-state index >= 15 is 0 Å². The highest BCUT2D eigenvalue weighted by Crippen LogP contribution is 2.40. The van der Waals surface area contributed by atoms with Crippen molar-refractivity contribution in [2.75, 3.05) is 22.7 Å². The number of benzene rings is 2. The molecule has 2 amide bonds. The van der Waals surface area contributed by atoms with Crippen LogP contribution in [0.25, 0.3) is 0 Å². The number of ether oxygens (including phenoxy) is 2. The van der Waals surface area contributed by atoms with Crippen molar-refractivity contribution in [1.82, 2.24) is 5.32 Å². The quantitative estimate of drug-likeness (QED) is 0.527. The molecule has 1 heterocycles. The van der Waals surface area contributed by atoms with Crippen LogP contribution in [-0.2, 0) is 19.6 Å². The zero-order valence-corrected chi connectivity index (χ0v) is 21.8. The van der Waals surface area contributed by atoms with Gasteiger partial charge in [-0.3, -0.25) is 14.4 Å². The van der Waals surface area contributed by atoms with Gasteiger partial charge in [0.2, 0.25) is 11.5 Å². The van der Waals surface area contributed by atoms with E-state index in [1.54, 1.807) is 6.07 Å². The summed E-state index contributed by atoms with van der Waals surface area (Å²) in [6.45, 7) is 2.31. The Bertz CT molecular complexity index is 1410. The monoisotopic (exact) mass is 574 g/mol. The number of rotatable bonds is 6. The third kappa shape index (κ3) is 6.22. The first-order valence-electron chi connectivity index (χ1n) is 10.9. The van der Waals surface area contributed by atoms with Gasteiger partial charge in [-0.25, -0.2) is 13.2 Å². The lowest BCUT2D eigenvalue weighted by Crippen LogP contribution is -2.48. The van der Waals surface area contributed by atoms with Crippen molar-refractivity contribution in [3.05, 3.63) is 47.0 Å². The summed E-state index contributed by atoms with van der Waals surface area (Å²) in [7, 11) is -4.35. The lowest BCUT2D eigenvalue weighted by molar-refractivity contribution is -0.242. The number of nitrogens with one attached hydrogen (secondary N) is 2. The van der Waals surface area contributed by atoms with E-state index in [1.165, 1.54) is 37.3 Å². The minimum atomic E-state index is -4.83. The molecule has 2 aromatic carbocycles. The van der Waals surface area contributed by atoms with Crippen molar-refractivity contribution in [2.45, 2.75) is 43.5 Å². The Labute approximate surface area is 221 Å². The average molecular weight is 575 g/mol. The highest BCUT2D eigenvalue weighted by molar-refractivity contribution is 7.92. The number of nitriles is 1. The largest absolute Gasteiger partial charge is 0.484 e. The summed E-state index contributed by atoms with van der Waals surface area (Å²) < 4.78 is 77.8. The SMILES string of the molecule is CC(=O)NC[C@H]1CN(S(=O)(=O)c2ccc(Cl)c(C#N)c2)c2cc(NC(=O)OC(C)(C)C(F)(F)F)ccc2O1. The standard InChI is InChI=1S/C23H22ClF3N4O6S/c1-13(32)29-11-16-12-31(38(34,35)17-5-6-18(24)14(8-17)10-28)19-9-15(4-7-20(19)36-16)30-21(33)37-22(2,3)23(25,26)27/h4-9,16H,11-12H2,1-3H3,(H,29,32)(H,30,33)/t16-/m0/s1. The van der Waals surface area contributed by atoms with Crippen LogP contribution in [0.1, 0.15) is 26.3 Å². The van der Waals surface area contributed by atoms with Crippen LogP contribution in [-0.4, -0.2) is 51.4 Å². The third-order valence-electron chi connectivity index (χ3n) is 5.39. The highest BCUT2D eigenvalue weighted by atomic mass is 35.5. The van der Waals surface area contributed by atoms with Gasteiger partial charge in [0.25, 0.3) is 10.0 Å². The van der Waals surface area contributed by atoms with Gasteiger partial charge in [-0.05, 0) is 50.2 Å². The minimum Gasteiger partial charge on any atom is -0.484 e. The number of anilines is 2. The number of fused-ring (bicyclic) bond motifs is 1. The van der Waals surface area contributed by atoms with Crippen LogP contribution in [0.3, 0.4) is 0 Å². The summed E-state index contributed by atoms with van der Waals surface area (Å²) in [5.74, 6) is -0.316. The molecule has 0 saturated heterocycles. The molecule has 0 bridgehead atoms. The minimum absolute atomic E-state index is 0.0380. The average Bonchev–Trinajstić information content (AvgIpc) is 2.81. The number of hydrogen-bond donors (Lipinski definition) is 2. The van der Waals surface area contributed by atoms with E-state index < -0.39 is 34.0 Å². The highest BCUT2D eigenvalue weighted by Gasteiger charge is 2.51. The first kappa shape index (κ1) is 28.9. The van der Waals surface area contributed by atoms with Crippen LogP contribution in [0.15, 0.2) is 41.3 Å². The van der Waals surface area contributed by atoms with Crippen molar-refractivity contribution >= 4 is 45.0 Å². The molecule has 0 saturated carbocycles. The van der Waals surface area contributed by atoms with Crippen molar-refractivity contribution in [3.63, 3.8) is 0 Å². The maximum absolute atomic E-state index is 13.6. The maximum Gasteiger partial charge on any atom is 0.427 e. The molecule has 0 fully saturated rings. The Hall–Kier alpha value is -3.70. The van der Waals surface area contributed by atoms with Gasteiger partial charge in [-0.1, -0.05) is 11.6 Å². The zero-order chi connectivity index (χ0) is 28.5. The summed E-state index contributed by atoms with van der Waals surface area (Å²) in [5, 5.41) is 14.0. The number of amides is 2. The lowest BCUT2D eigenvalue weighted by atomic mass is 10.1. The molecule has 0 aromatic heterocycles. The van der Waals surface area contributed by atoms with Crippen molar-refractivity contribution in [1.29, 1.82) is 5.26 Å². The van der Waals surface area contributed by atoms with E-state index in [9.17, 15) is 36.4 Å². The van der Waals surface area contributed by atoms with Gasteiger partial charge in [0.1, 0.15) is 17.9 Å². The summed E-state index contributed by atoms with van der Waals surface area (Å²) in [6.07, 6.45) is -7.07. The van der Waals surface area contributed by atoms with Crippen molar-refractivity contribution in [3.8, 4) is 11.8 Å². The molecule has 0 aliphatic carbocycles. The summed E-state index contributed by atoms with van der Waals surface area (Å²) in [6, 6.07) is 9.12. The Morgan fingerprint density at radius 3 is 2.53 bits per heavy atom. The molecule has 2 N–H and O–H groups in total. The molecule has 0 spiro atoms. The smallest absolute Gasteiger partial charge is 0.427 e. The number of alkyl halides is 3. The van der Waals surface area contributed by atoms with Gasteiger partial charge >= 0.3 is 12.3 Å². The molecule has 38 heavy (non-hydrogen) atoms. The first-order chi connectivity index (χ1) is 17.5. The van der Waals surface area contributed by atoms with E-state index in [2.05, 4.69) is 15.4 Å². The van der Waals surface area contributed by atoms with Gasteiger partial charge in [0.15, 0.2) is 0 Å². The fourth-order valence-corrected chi connectivity index (χ4v) is 4.98. The molecule has 1 aliphatic rings. The summed E-state index contributed by atoms with van der Waals surface area (Å²) >= 11 is 5.94. The Morgan fingerprint density at radius 2 is 1.92 bits per heavy atom. The number of nitrogens with zero attached hydrogens (tertiary/aromatic N) is 2. The lowest BCUT2D eigenvalue weighted by Gasteiger charge is -2.36. The number of hydrogen-bond acceptors (Lipinski definition) is 7. The predicted molar refractivity (Wildman–Crippen MR) is 130 cm³/mol. The molecule has 10 nitrogen and oxygen atoms in total. The molecule has 15 heteroatoms. The number of sulfonamides is 1. The number of carbonyl (C=O) groups excluding carboxylic acids is 2.